The summed E-state index contributed by atoms with van der Waals surface area (Å²) in [6, 6.07) is 0. The Balaban J connectivity index is 1.94. The van der Waals surface area contributed by atoms with Crippen molar-refractivity contribution in [3.8, 4) is 0 Å². The number of hydrogen-bond donors (Lipinski definition) is 2. The van der Waals surface area contributed by atoms with Crippen molar-refractivity contribution in [2.45, 2.75) is 24.8 Å². The Morgan fingerprint density at radius 1 is 1.38 bits per heavy atom. The number of anilines is 1. The number of nitrogen functional groups attached to an aromatic ring is 1. The smallest absolute Gasteiger partial charge is 0.168 e. The molecule has 110 valence electrons. The molecule has 0 unspecified atom stereocenters. The molecule has 0 aliphatic heterocycles. The van der Waals surface area contributed by atoms with Crippen LogP contribution in [-0.4, -0.2) is 19.5 Å². The zero-order valence-corrected chi connectivity index (χ0v) is 13.7. The first-order valence-electron chi connectivity index (χ1n) is 6.43. The van der Waals surface area contributed by atoms with Crippen LogP contribution in [0.1, 0.15) is 16.3 Å². The van der Waals surface area contributed by atoms with Crippen molar-refractivity contribution < 1.29 is 0 Å². The molecule has 0 bridgehead atoms. The summed E-state index contributed by atoms with van der Waals surface area (Å²) in [5.74, 6) is 7.72. The van der Waals surface area contributed by atoms with Gasteiger partial charge in [-0.25, -0.2) is 20.8 Å². The van der Waals surface area contributed by atoms with Crippen molar-refractivity contribution in [3.63, 3.8) is 0 Å². The molecule has 8 heteroatoms. The van der Waals surface area contributed by atoms with Crippen LogP contribution in [-0.2, 0) is 12.8 Å². The summed E-state index contributed by atoms with van der Waals surface area (Å²) in [4.78, 5) is 15.7. The quantitative estimate of drug-likeness (QED) is 0.437. The number of nitrogens with zero attached hydrogens (tertiary/aromatic N) is 4. The Bertz CT molecular complexity index is 791. The highest BCUT2D eigenvalue weighted by atomic mass is 32.2. The third-order valence-electron chi connectivity index (χ3n) is 3.32. The lowest BCUT2D eigenvalue weighted by Crippen LogP contribution is -2.11. The molecule has 3 aromatic rings. The van der Waals surface area contributed by atoms with E-state index < -0.39 is 0 Å². The van der Waals surface area contributed by atoms with Crippen LogP contribution in [0.2, 0.25) is 0 Å². The van der Waals surface area contributed by atoms with Crippen molar-refractivity contribution in [3.05, 3.63) is 28.7 Å². The van der Waals surface area contributed by atoms with Gasteiger partial charge in [-0.3, -0.25) is 0 Å². The second kappa shape index (κ2) is 5.63. The van der Waals surface area contributed by atoms with E-state index in [-0.39, 0.29) is 0 Å². The number of aryl methyl sites for hydroxylation is 3. The highest BCUT2D eigenvalue weighted by Crippen LogP contribution is 2.33. The summed E-state index contributed by atoms with van der Waals surface area (Å²) in [6.07, 6.45) is 3.70. The maximum atomic E-state index is 5.62. The molecule has 0 aliphatic rings. The van der Waals surface area contributed by atoms with Crippen LogP contribution in [0.4, 0.5) is 5.82 Å². The number of imidazole rings is 1. The number of nitrogens with two attached hydrogens (primary N) is 1. The van der Waals surface area contributed by atoms with Gasteiger partial charge in [-0.2, -0.15) is 0 Å². The van der Waals surface area contributed by atoms with Crippen LogP contribution in [0.15, 0.2) is 17.6 Å². The minimum Gasteiger partial charge on any atom is -0.329 e. The maximum absolute atomic E-state index is 5.62. The number of fused-ring (bicyclic) bond motifs is 1. The predicted octanol–water partition coefficient (Wildman–Crippen LogP) is 2.62. The third-order valence-corrected chi connectivity index (χ3v) is 5.47. The van der Waals surface area contributed by atoms with Crippen molar-refractivity contribution >= 4 is 39.1 Å². The Labute approximate surface area is 130 Å². The number of hydrazine groups is 1. The average molecular weight is 320 g/mol. The lowest BCUT2D eigenvalue weighted by atomic mass is 10.2. The number of thioether (sulfide) groups is 1. The Kier molecular flexibility index (Phi) is 3.83. The van der Waals surface area contributed by atoms with Gasteiger partial charge in [-0.15, -0.1) is 11.3 Å². The molecule has 0 atom stereocenters. The molecule has 0 amide bonds. The van der Waals surface area contributed by atoms with Crippen LogP contribution in [0.5, 0.6) is 0 Å². The molecular weight excluding hydrogens is 304 g/mol. The average Bonchev–Trinajstić information content (AvgIpc) is 3.00. The third kappa shape index (κ3) is 2.61. The van der Waals surface area contributed by atoms with Crippen molar-refractivity contribution in [1.82, 2.24) is 19.5 Å². The molecule has 0 aliphatic carbocycles. The maximum Gasteiger partial charge on any atom is 0.168 e. The Morgan fingerprint density at radius 2 is 2.19 bits per heavy atom. The van der Waals surface area contributed by atoms with Crippen molar-refractivity contribution in [2.24, 2.45) is 12.9 Å². The molecule has 6 nitrogen and oxygen atoms in total. The fourth-order valence-electron chi connectivity index (χ4n) is 2.08. The Hall–Kier alpha value is -1.64. The van der Waals surface area contributed by atoms with Crippen LogP contribution < -0.4 is 11.3 Å². The molecule has 0 saturated carbocycles. The van der Waals surface area contributed by atoms with Gasteiger partial charge in [0.1, 0.15) is 10.7 Å². The zero-order chi connectivity index (χ0) is 15.0. The van der Waals surface area contributed by atoms with Gasteiger partial charge in [0.15, 0.2) is 11.0 Å². The second-order valence-electron chi connectivity index (χ2n) is 4.71. The molecule has 21 heavy (non-hydrogen) atoms. The van der Waals surface area contributed by atoms with Crippen LogP contribution in [0.3, 0.4) is 0 Å². The molecule has 0 fully saturated rings. The number of thiophene rings is 1. The molecular formula is C13H16N6S2. The fourth-order valence-corrected chi connectivity index (χ4v) is 3.92. The van der Waals surface area contributed by atoms with Crippen molar-refractivity contribution in [2.75, 3.05) is 5.43 Å². The Morgan fingerprint density at radius 3 is 2.86 bits per heavy atom. The van der Waals surface area contributed by atoms with E-state index in [9.17, 15) is 0 Å². The molecule has 3 heterocycles. The molecule has 0 saturated heterocycles. The summed E-state index contributed by atoms with van der Waals surface area (Å²) in [5.41, 5.74) is 3.88. The highest BCUT2D eigenvalue weighted by Gasteiger charge is 2.14. The number of aromatic nitrogens is 4. The van der Waals surface area contributed by atoms with E-state index >= 15 is 0 Å². The van der Waals surface area contributed by atoms with E-state index in [1.165, 1.54) is 10.4 Å². The summed E-state index contributed by atoms with van der Waals surface area (Å²) < 4.78 is 1.98. The van der Waals surface area contributed by atoms with Crippen LogP contribution in [0, 0.1) is 13.8 Å². The standard InChI is InChI=1S/C13H16N6S2/c1-7-8(2)21-12-10(7)11(18-14)16-9(17-12)6-20-13-15-4-5-19(13)3/h4-5H,6,14H2,1-3H3,(H,16,17,18). The topological polar surface area (TPSA) is 81.7 Å². The highest BCUT2D eigenvalue weighted by molar-refractivity contribution is 7.98. The van der Waals surface area contributed by atoms with E-state index in [1.54, 1.807) is 29.3 Å². The number of rotatable bonds is 4. The zero-order valence-electron chi connectivity index (χ0n) is 12.0. The van der Waals surface area contributed by atoms with Gasteiger partial charge in [0.2, 0.25) is 0 Å². The van der Waals surface area contributed by atoms with E-state index in [1.807, 2.05) is 17.8 Å². The van der Waals surface area contributed by atoms with Gasteiger partial charge >= 0.3 is 0 Å². The van der Waals surface area contributed by atoms with Crippen LogP contribution >= 0.6 is 23.1 Å². The normalized spacial score (nSPS) is 11.2. The predicted molar refractivity (Wildman–Crippen MR) is 87.5 cm³/mol. The van der Waals surface area contributed by atoms with E-state index in [4.69, 9.17) is 5.84 Å². The van der Waals surface area contributed by atoms with Gasteiger partial charge < -0.3 is 9.99 Å². The minimum atomic E-state index is 0.658. The van der Waals surface area contributed by atoms with Gasteiger partial charge in [0, 0.05) is 24.3 Å². The van der Waals surface area contributed by atoms with Gasteiger partial charge in [-0.1, -0.05) is 11.8 Å². The van der Waals surface area contributed by atoms with E-state index in [0.717, 1.165) is 21.2 Å². The minimum absolute atomic E-state index is 0.658. The largest absolute Gasteiger partial charge is 0.329 e. The SMILES string of the molecule is Cc1sc2nc(CSc3nccn3C)nc(NN)c2c1C. The van der Waals surface area contributed by atoms with E-state index in [2.05, 4.69) is 34.2 Å². The first-order valence-corrected chi connectivity index (χ1v) is 8.23. The lowest BCUT2D eigenvalue weighted by Gasteiger charge is -2.06. The first kappa shape index (κ1) is 14.3. The summed E-state index contributed by atoms with van der Waals surface area (Å²) in [6.45, 7) is 4.16. The monoisotopic (exact) mass is 320 g/mol. The van der Waals surface area contributed by atoms with Crippen molar-refractivity contribution in [1.29, 1.82) is 0 Å². The molecule has 3 rings (SSSR count). The molecule has 0 aromatic carbocycles. The number of nitrogens with one attached hydrogen (secondary N) is 1. The van der Waals surface area contributed by atoms with Crippen LogP contribution in [0.25, 0.3) is 10.2 Å². The molecule has 3 N–H and O–H groups in total. The molecule has 3 aromatic heterocycles. The van der Waals surface area contributed by atoms with Gasteiger partial charge in [0.25, 0.3) is 0 Å². The number of hydrogen-bond acceptors (Lipinski definition) is 7. The molecule has 0 spiro atoms. The second-order valence-corrected chi connectivity index (χ2v) is 6.85. The lowest BCUT2D eigenvalue weighted by molar-refractivity contribution is 0.789. The first-order chi connectivity index (χ1) is 10.1. The van der Waals surface area contributed by atoms with Gasteiger partial charge in [0.05, 0.1) is 11.1 Å². The fraction of sp³-hybridized carbons (Fsp3) is 0.308. The van der Waals surface area contributed by atoms with E-state index in [0.29, 0.717) is 11.6 Å². The molecule has 0 radical (unpaired) electrons. The van der Waals surface area contributed by atoms with Gasteiger partial charge in [-0.05, 0) is 19.4 Å². The summed E-state index contributed by atoms with van der Waals surface area (Å²) >= 11 is 3.28. The summed E-state index contributed by atoms with van der Waals surface area (Å²) in [5, 5.41) is 1.96. The summed E-state index contributed by atoms with van der Waals surface area (Å²) in [7, 11) is 1.97.